The predicted octanol–water partition coefficient (Wildman–Crippen LogP) is 2.71. The molecule has 1 unspecified atom stereocenters. The lowest BCUT2D eigenvalue weighted by atomic mass is 10.1. The number of hydrogen-bond donors (Lipinski definition) is 0. The minimum atomic E-state index is -0.590. The van der Waals surface area contributed by atoms with Gasteiger partial charge in [-0.2, -0.15) is 0 Å². The van der Waals surface area contributed by atoms with Crippen LogP contribution in [0.15, 0.2) is 24.3 Å². The molecule has 82 valence electrons. The van der Waals surface area contributed by atoms with Gasteiger partial charge in [0.2, 0.25) is 0 Å². The van der Waals surface area contributed by atoms with Gasteiger partial charge in [0.1, 0.15) is 5.38 Å². The summed E-state index contributed by atoms with van der Waals surface area (Å²) in [5.74, 6) is -0.347. The second-order valence-electron chi connectivity index (χ2n) is 3.41. The monoisotopic (exact) mass is 226 g/mol. The van der Waals surface area contributed by atoms with E-state index >= 15 is 0 Å². The molecule has 15 heavy (non-hydrogen) atoms. The molecule has 1 atom stereocenters. The standard InChI is InChI=1S/C12H15ClO2/c1-3-15-12(14)11(13)8-10-6-4-9(2)5-7-10/h4-7,11H,3,8H2,1-2H3. The summed E-state index contributed by atoms with van der Waals surface area (Å²) in [5.41, 5.74) is 2.25. The van der Waals surface area contributed by atoms with Gasteiger partial charge in [0.15, 0.2) is 0 Å². The molecule has 0 fully saturated rings. The van der Waals surface area contributed by atoms with Gasteiger partial charge in [-0.05, 0) is 25.8 Å². The van der Waals surface area contributed by atoms with Crippen LogP contribution >= 0.6 is 11.6 Å². The van der Waals surface area contributed by atoms with Crippen LogP contribution in [0.25, 0.3) is 0 Å². The Bertz CT molecular complexity index is 319. The summed E-state index contributed by atoms with van der Waals surface area (Å²) in [6.45, 7) is 4.16. The van der Waals surface area contributed by atoms with E-state index in [0.717, 1.165) is 5.56 Å². The van der Waals surface area contributed by atoms with Crippen molar-refractivity contribution in [3.63, 3.8) is 0 Å². The molecule has 0 aliphatic carbocycles. The number of aryl methyl sites for hydroxylation is 1. The van der Waals surface area contributed by atoms with Gasteiger partial charge in [0, 0.05) is 0 Å². The van der Waals surface area contributed by atoms with Crippen molar-refractivity contribution >= 4 is 17.6 Å². The summed E-state index contributed by atoms with van der Waals surface area (Å²) in [5, 5.41) is -0.590. The minimum Gasteiger partial charge on any atom is -0.465 e. The van der Waals surface area contributed by atoms with E-state index in [4.69, 9.17) is 16.3 Å². The van der Waals surface area contributed by atoms with Crippen molar-refractivity contribution in [1.29, 1.82) is 0 Å². The first-order valence-corrected chi connectivity index (χ1v) is 5.43. The molecule has 1 aromatic carbocycles. The fraction of sp³-hybridized carbons (Fsp3) is 0.417. The largest absolute Gasteiger partial charge is 0.465 e. The van der Waals surface area contributed by atoms with Crippen molar-refractivity contribution < 1.29 is 9.53 Å². The molecule has 3 heteroatoms. The molecule has 0 saturated carbocycles. The molecule has 0 aromatic heterocycles. The second-order valence-corrected chi connectivity index (χ2v) is 3.94. The normalized spacial score (nSPS) is 12.2. The van der Waals surface area contributed by atoms with Crippen LogP contribution in [0.2, 0.25) is 0 Å². The number of carbonyl (C=O) groups is 1. The molecule has 0 bridgehead atoms. The number of esters is 1. The van der Waals surface area contributed by atoms with Gasteiger partial charge in [-0.25, -0.2) is 0 Å². The highest BCUT2D eigenvalue weighted by molar-refractivity contribution is 6.30. The Balaban J connectivity index is 2.54. The van der Waals surface area contributed by atoms with Crippen LogP contribution in [-0.4, -0.2) is 18.0 Å². The molecule has 1 rings (SSSR count). The van der Waals surface area contributed by atoms with E-state index in [9.17, 15) is 4.79 Å². The first-order valence-electron chi connectivity index (χ1n) is 4.99. The van der Waals surface area contributed by atoms with Crippen molar-refractivity contribution in [2.45, 2.75) is 25.6 Å². The average Bonchev–Trinajstić information content (AvgIpc) is 2.22. The Morgan fingerprint density at radius 2 is 2.00 bits per heavy atom. The molecule has 2 nitrogen and oxygen atoms in total. The Labute approximate surface area is 95.2 Å². The number of hydrogen-bond acceptors (Lipinski definition) is 2. The molecule has 0 aliphatic heterocycles. The summed E-state index contributed by atoms with van der Waals surface area (Å²) in [6.07, 6.45) is 0.515. The Hall–Kier alpha value is -1.02. The van der Waals surface area contributed by atoms with Crippen LogP contribution in [0, 0.1) is 6.92 Å². The smallest absolute Gasteiger partial charge is 0.324 e. The molecule has 0 aliphatic rings. The third-order valence-corrected chi connectivity index (χ3v) is 2.41. The van der Waals surface area contributed by atoms with Crippen LogP contribution in [-0.2, 0) is 16.0 Å². The van der Waals surface area contributed by atoms with Crippen molar-refractivity contribution in [3.05, 3.63) is 35.4 Å². The maximum atomic E-state index is 11.3. The lowest BCUT2D eigenvalue weighted by Gasteiger charge is -2.08. The predicted molar refractivity (Wildman–Crippen MR) is 61.2 cm³/mol. The quantitative estimate of drug-likeness (QED) is 0.583. The molecule has 0 saturated heterocycles. The van der Waals surface area contributed by atoms with E-state index in [1.54, 1.807) is 6.92 Å². The molecule has 0 N–H and O–H groups in total. The number of alkyl halides is 1. The average molecular weight is 227 g/mol. The van der Waals surface area contributed by atoms with Gasteiger partial charge in [0.25, 0.3) is 0 Å². The summed E-state index contributed by atoms with van der Waals surface area (Å²) in [6, 6.07) is 7.96. The second kappa shape index (κ2) is 5.76. The molecule has 1 aromatic rings. The topological polar surface area (TPSA) is 26.3 Å². The first kappa shape index (κ1) is 12.1. The number of halogens is 1. The van der Waals surface area contributed by atoms with Crippen LogP contribution in [0.4, 0.5) is 0 Å². The molecule has 0 spiro atoms. The maximum Gasteiger partial charge on any atom is 0.324 e. The first-order chi connectivity index (χ1) is 7.13. The molecular weight excluding hydrogens is 212 g/mol. The summed E-state index contributed by atoms with van der Waals surface area (Å²) in [7, 11) is 0. The van der Waals surface area contributed by atoms with Crippen molar-refractivity contribution in [3.8, 4) is 0 Å². The summed E-state index contributed by atoms with van der Waals surface area (Å²) >= 11 is 5.91. The van der Waals surface area contributed by atoms with E-state index < -0.39 is 5.38 Å². The fourth-order valence-corrected chi connectivity index (χ4v) is 1.49. The zero-order valence-electron chi connectivity index (χ0n) is 9.00. The number of carbonyl (C=O) groups excluding carboxylic acids is 1. The van der Waals surface area contributed by atoms with Crippen molar-refractivity contribution in [2.24, 2.45) is 0 Å². The number of rotatable bonds is 4. The van der Waals surface area contributed by atoms with Crippen LogP contribution in [0.5, 0.6) is 0 Å². The van der Waals surface area contributed by atoms with Gasteiger partial charge in [-0.1, -0.05) is 29.8 Å². The lowest BCUT2D eigenvalue weighted by Crippen LogP contribution is -2.20. The van der Waals surface area contributed by atoms with Gasteiger partial charge in [-0.3, -0.25) is 4.79 Å². The van der Waals surface area contributed by atoms with Gasteiger partial charge in [0.05, 0.1) is 6.61 Å². The van der Waals surface area contributed by atoms with Gasteiger partial charge >= 0.3 is 5.97 Å². The SMILES string of the molecule is CCOC(=O)C(Cl)Cc1ccc(C)cc1. The summed E-state index contributed by atoms with van der Waals surface area (Å²) < 4.78 is 4.83. The van der Waals surface area contributed by atoms with E-state index in [2.05, 4.69) is 0 Å². The third kappa shape index (κ3) is 3.92. The van der Waals surface area contributed by atoms with E-state index in [0.29, 0.717) is 13.0 Å². The minimum absolute atomic E-state index is 0.347. The fourth-order valence-electron chi connectivity index (χ4n) is 1.25. The third-order valence-electron chi connectivity index (χ3n) is 2.08. The van der Waals surface area contributed by atoms with E-state index in [1.165, 1.54) is 5.56 Å². The molecule has 0 heterocycles. The highest BCUT2D eigenvalue weighted by Crippen LogP contribution is 2.11. The van der Waals surface area contributed by atoms with Crippen molar-refractivity contribution in [2.75, 3.05) is 6.61 Å². The highest BCUT2D eigenvalue weighted by Gasteiger charge is 2.16. The van der Waals surface area contributed by atoms with Gasteiger partial charge in [-0.15, -0.1) is 11.6 Å². The van der Waals surface area contributed by atoms with Crippen LogP contribution in [0.3, 0.4) is 0 Å². The maximum absolute atomic E-state index is 11.3. The lowest BCUT2D eigenvalue weighted by molar-refractivity contribution is -0.142. The van der Waals surface area contributed by atoms with Crippen LogP contribution < -0.4 is 0 Å². The Morgan fingerprint density at radius 3 is 2.53 bits per heavy atom. The zero-order valence-corrected chi connectivity index (χ0v) is 9.75. The Kier molecular flexibility index (Phi) is 4.63. The van der Waals surface area contributed by atoms with Crippen molar-refractivity contribution in [1.82, 2.24) is 0 Å². The van der Waals surface area contributed by atoms with E-state index in [-0.39, 0.29) is 5.97 Å². The number of ether oxygens (including phenoxy) is 1. The molecule has 0 amide bonds. The molecular formula is C12H15ClO2. The van der Waals surface area contributed by atoms with Gasteiger partial charge < -0.3 is 4.74 Å². The highest BCUT2D eigenvalue weighted by atomic mass is 35.5. The van der Waals surface area contributed by atoms with Crippen LogP contribution in [0.1, 0.15) is 18.1 Å². The number of benzene rings is 1. The zero-order chi connectivity index (χ0) is 11.3. The molecule has 0 radical (unpaired) electrons. The summed E-state index contributed by atoms with van der Waals surface area (Å²) in [4.78, 5) is 11.3. The Morgan fingerprint density at radius 1 is 1.40 bits per heavy atom. The van der Waals surface area contributed by atoms with E-state index in [1.807, 2.05) is 31.2 Å².